The molecule has 1 nitrogen and oxygen atoms in total. The molecule has 0 saturated heterocycles. The van der Waals surface area contributed by atoms with E-state index in [9.17, 15) is 8.78 Å². The minimum atomic E-state index is -0.868. The van der Waals surface area contributed by atoms with Crippen molar-refractivity contribution in [3.05, 3.63) is 76.9 Å². The molecule has 0 aromatic heterocycles. The Balaban J connectivity index is 1.27. The largest absolute Gasteiger partial charge is 0.491 e. The Morgan fingerprint density at radius 2 is 1.56 bits per heavy atom. The second-order valence-corrected chi connectivity index (χ2v) is 10.3. The van der Waals surface area contributed by atoms with Crippen molar-refractivity contribution >= 4 is 0 Å². The lowest BCUT2D eigenvalue weighted by molar-refractivity contribution is 0.308. The lowest BCUT2D eigenvalue weighted by atomic mass is 9.77. The topological polar surface area (TPSA) is 9.23 Å². The molecular formula is C31H40F2O. The molecule has 2 aromatic carbocycles. The van der Waals surface area contributed by atoms with Gasteiger partial charge in [-0.3, -0.25) is 0 Å². The molecule has 2 aliphatic carbocycles. The average molecular weight is 467 g/mol. The minimum Gasteiger partial charge on any atom is -0.491 e. The molecule has 2 unspecified atom stereocenters. The maximum absolute atomic E-state index is 14.6. The molecule has 1 fully saturated rings. The number of ether oxygens (including phenoxy) is 1. The van der Waals surface area contributed by atoms with Crippen molar-refractivity contribution in [2.75, 3.05) is 6.61 Å². The van der Waals surface area contributed by atoms with Crippen LogP contribution < -0.4 is 4.74 Å². The molecule has 184 valence electrons. The fourth-order valence-corrected chi connectivity index (χ4v) is 5.98. The summed E-state index contributed by atoms with van der Waals surface area (Å²) in [7, 11) is 0. The van der Waals surface area contributed by atoms with E-state index in [4.69, 9.17) is 4.74 Å². The molecule has 0 N–H and O–H groups in total. The highest BCUT2D eigenvalue weighted by molar-refractivity contribution is 5.35. The van der Waals surface area contributed by atoms with E-state index in [-0.39, 0.29) is 11.7 Å². The van der Waals surface area contributed by atoms with Gasteiger partial charge in [0.15, 0.2) is 11.6 Å². The van der Waals surface area contributed by atoms with E-state index in [0.717, 1.165) is 37.5 Å². The van der Waals surface area contributed by atoms with Crippen LogP contribution in [-0.4, -0.2) is 6.61 Å². The second-order valence-electron chi connectivity index (χ2n) is 10.3. The monoisotopic (exact) mass is 466 g/mol. The summed E-state index contributed by atoms with van der Waals surface area (Å²) in [6.07, 6.45) is 16.5. The predicted octanol–water partition coefficient (Wildman–Crippen LogP) is 9.12. The second kappa shape index (κ2) is 12.0. The van der Waals surface area contributed by atoms with Gasteiger partial charge in [0, 0.05) is 5.92 Å². The molecule has 0 spiro atoms. The number of hydrogen-bond acceptors (Lipinski definition) is 1. The zero-order chi connectivity index (χ0) is 23.9. The van der Waals surface area contributed by atoms with E-state index in [0.29, 0.717) is 18.1 Å². The lowest BCUT2D eigenvalue weighted by Gasteiger charge is -2.28. The van der Waals surface area contributed by atoms with Crippen molar-refractivity contribution < 1.29 is 13.5 Å². The Morgan fingerprint density at radius 3 is 2.21 bits per heavy atom. The summed E-state index contributed by atoms with van der Waals surface area (Å²) in [6, 6.07) is 12.6. The van der Waals surface area contributed by atoms with Crippen molar-refractivity contribution in [1.29, 1.82) is 0 Å². The third kappa shape index (κ3) is 6.09. The first kappa shape index (κ1) is 24.9. The van der Waals surface area contributed by atoms with E-state index in [1.165, 1.54) is 49.7 Å². The van der Waals surface area contributed by atoms with Crippen LogP contribution in [0.4, 0.5) is 8.78 Å². The molecular weight excluding hydrogens is 426 g/mol. The summed E-state index contributed by atoms with van der Waals surface area (Å²) < 4.78 is 34.0. The molecule has 1 saturated carbocycles. The van der Waals surface area contributed by atoms with Gasteiger partial charge in [0.2, 0.25) is 5.82 Å². The molecule has 0 radical (unpaired) electrons. The summed E-state index contributed by atoms with van der Waals surface area (Å²) in [5, 5.41) is 0. The Kier molecular flexibility index (Phi) is 8.80. The summed E-state index contributed by atoms with van der Waals surface area (Å²) in [6.45, 7) is 4.39. The number of aryl methyl sites for hydroxylation is 1. The van der Waals surface area contributed by atoms with Gasteiger partial charge in [-0.2, -0.15) is 4.39 Å². The molecule has 2 aliphatic rings. The highest BCUT2D eigenvalue weighted by Gasteiger charge is 2.24. The molecule has 3 heteroatoms. The first-order chi connectivity index (χ1) is 16.6. The Labute approximate surface area is 204 Å². The highest BCUT2D eigenvalue weighted by atomic mass is 19.2. The quantitative estimate of drug-likeness (QED) is 0.335. The summed E-state index contributed by atoms with van der Waals surface area (Å²) in [5.74, 6) is 0.497. The maximum atomic E-state index is 14.6. The van der Waals surface area contributed by atoms with Gasteiger partial charge >= 0.3 is 0 Å². The predicted molar refractivity (Wildman–Crippen MR) is 137 cm³/mol. The molecule has 2 aromatic rings. The van der Waals surface area contributed by atoms with Crippen molar-refractivity contribution in [1.82, 2.24) is 0 Å². The van der Waals surface area contributed by atoms with Gasteiger partial charge in [0.25, 0.3) is 0 Å². The molecule has 2 atom stereocenters. The van der Waals surface area contributed by atoms with Gasteiger partial charge < -0.3 is 4.74 Å². The van der Waals surface area contributed by atoms with Gasteiger partial charge in [-0.05, 0) is 98.8 Å². The fourth-order valence-electron chi connectivity index (χ4n) is 5.98. The van der Waals surface area contributed by atoms with Crippen LogP contribution in [0.3, 0.4) is 0 Å². The smallest absolute Gasteiger partial charge is 0.200 e. The van der Waals surface area contributed by atoms with Crippen LogP contribution in [0.5, 0.6) is 5.75 Å². The van der Waals surface area contributed by atoms with Gasteiger partial charge in [-0.1, -0.05) is 62.2 Å². The van der Waals surface area contributed by atoms with Crippen LogP contribution in [0.2, 0.25) is 0 Å². The SMILES string of the molecule is CCCC1CCC(c2ccc(CCC3C=CC(c4ccc(OCC)c(F)c4F)CC3)cc2)CC1. The summed E-state index contributed by atoms with van der Waals surface area (Å²) >= 11 is 0. The number of halogens is 2. The zero-order valence-corrected chi connectivity index (χ0v) is 20.9. The van der Waals surface area contributed by atoms with Crippen LogP contribution >= 0.6 is 0 Å². The van der Waals surface area contributed by atoms with Crippen molar-refractivity contribution in [2.45, 2.75) is 89.9 Å². The van der Waals surface area contributed by atoms with Crippen LogP contribution in [-0.2, 0) is 6.42 Å². The standard InChI is InChI=1S/C31H40F2O/c1-3-5-22-8-14-25(15-9-22)26-16-10-23(11-17-26)6-7-24-12-18-27(19-13-24)28-20-21-29(34-4-2)31(33)30(28)32/h10-12,16-18,20-22,24-25,27H,3-9,13-15,19H2,1-2H3. The minimum absolute atomic E-state index is 0.00314. The van der Waals surface area contributed by atoms with Crippen LogP contribution in [0.1, 0.15) is 100 Å². The van der Waals surface area contributed by atoms with Crippen LogP contribution in [0.25, 0.3) is 0 Å². The van der Waals surface area contributed by atoms with Crippen LogP contribution in [0, 0.1) is 23.5 Å². The van der Waals surface area contributed by atoms with Gasteiger partial charge in [0.05, 0.1) is 6.61 Å². The van der Waals surface area contributed by atoms with Crippen LogP contribution in [0.15, 0.2) is 48.6 Å². The van der Waals surface area contributed by atoms with E-state index in [2.05, 4.69) is 43.3 Å². The molecule has 0 heterocycles. The molecule has 34 heavy (non-hydrogen) atoms. The Morgan fingerprint density at radius 1 is 0.794 bits per heavy atom. The first-order valence-electron chi connectivity index (χ1n) is 13.5. The van der Waals surface area contributed by atoms with Crippen molar-refractivity contribution in [2.24, 2.45) is 11.8 Å². The third-order valence-corrected chi connectivity index (χ3v) is 8.04. The fraction of sp³-hybridized carbons (Fsp3) is 0.548. The average Bonchev–Trinajstić information content (AvgIpc) is 2.87. The molecule has 0 bridgehead atoms. The van der Waals surface area contributed by atoms with E-state index in [1.807, 2.05) is 0 Å². The Hall–Kier alpha value is -2.16. The van der Waals surface area contributed by atoms with Gasteiger partial charge in [0.1, 0.15) is 0 Å². The Bertz CT molecular complexity index is 941. The summed E-state index contributed by atoms with van der Waals surface area (Å²) in [5.41, 5.74) is 3.36. The van der Waals surface area contributed by atoms with E-state index < -0.39 is 11.6 Å². The molecule has 4 rings (SSSR count). The zero-order valence-electron chi connectivity index (χ0n) is 20.9. The number of hydrogen-bond donors (Lipinski definition) is 0. The van der Waals surface area contributed by atoms with Gasteiger partial charge in [-0.25, -0.2) is 4.39 Å². The first-order valence-corrected chi connectivity index (χ1v) is 13.5. The summed E-state index contributed by atoms with van der Waals surface area (Å²) in [4.78, 5) is 0. The third-order valence-electron chi connectivity index (χ3n) is 8.04. The van der Waals surface area contributed by atoms with Gasteiger partial charge in [-0.15, -0.1) is 0 Å². The van der Waals surface area contributed by atoms with Crippen molar-refractivity contribution in [3.8, 4) is 5.75 Å². The van der Waals surface area contributed by atoms with E-state index in [1.54, 1.807) is 19.1 Å². The van der Waals surface area contributed by atoms with Crippen molar-refractivity contribution in [3.63, 3.8) is 0 Å². The number of benzene rings is 2. The molecule has 0 amide bonds. The lowest BCUT2D eigenvalue weighted by Crippen LogP contribution is -2.13. The maximum Gasteiger partial charge on any atom is 0.200 e. The highest BCUT2D eigenvalue weighted by Crippen LogP contribution is 2.38. The normalized spacial score (nSPS) is 24.8. The number of rotatable bonds is 9. The molecule has 0 aliphatic heterocycles. The number of allylic oxidation sites excluding steroid dienone is 2. The van der Waals surface area contributed by atoms with E-state index >= 15 is 0 Å².